The standard InChI is InChI=1S/C27H40N2O7/c1-5-36-27(33)21(12-11-18-9-7-6-8-10-18)28-17(2)25(30)29-16-20-15-24(35-4)23(34-3)14-19(20)13-22(29)26(31)32/h14-15,17-18,21-22,28H,5-13,16H2,1-4H3,(H,31,32)/t17-,21-,22-/m0/s1. The average molecular weight is 505 g/mol. The maximum absolute atomic E-state index is 13.5. The van der Waals surface area contributed by atoms with E-state index in [-0.39, 0.29) is 31.4 Å². The maximum atomic E-state index is 13.5. The molecule has 1 fully saturated rings. The first-order valence-corrected chi connectivity index (χ1v) is 13.0. The molecule has 3 rings (SSSR count). The molecule has 200 valence electrons. The van der Waals surface area contributed by atoms with Crippen LogP contribution in [-0.2, 0) is 32.1 Å². The Morgan fingerprint density at radius 1 is 1.08 bits per heavy atom. The van der Waals surface area contributed by atoms with E-state index < -0.39 is 24.1 Å². The van der Waals surface area contributed by atoms with E-state index in [1.807, 2.05) is 0 Å². The van der Waals surface area contributed by atoms with Gasteiger partial charge in [-0.1, -0.05) is 32.1 Å². The zero-order chi connectivity index (χ0) is 26.2. The van der Waals surface area contributed by atoms with Gasteiger partial charge < -0.3 is 24.2 Å². The molecule has 0 saturated heterocycles. The number of carbonyl (C=O) groups excluding carboxylic acids is 2. The topological polar surface area (TPSA) is 114 Å². The van der Waals surface area contributed by atoms with Gasteiger partial charge in [0.05, 0.1) is 26.9 Å². The van der Waals surface area contributed by atoms with Crippen LogP contribution in [0.1, 0.15) is 69.9 Å². The molecular formula is C27H40N2O7. The van der Waals surface area contributed by atoms with Crippen LogP contribution >= 0.6 is 0 Å². The van der Waals surface area contributed by atoms with Gasteiger partial charge in [-0.3, -0.25) is 14.9 Å². The highest BCUT2D eigenvalue weighted by Gasteiger charge is 2.38. The van der Waals surface area contributed by atoms with Crippen LogP contribution in [-0.4, -0.2) is 66.8 Å². The summed E-state index contributed by atoms with van der Waals surface area (Å²) < 4.78 is 16.0. The number of carboxylic acids is 1. The van der Waals surface area contributed by atoms with Gasteiger partial charge in [-0.2, -0.15) is 0 Å². The van der Waals surface area contributed by atoms with Gasteiger partial charge in [-0.25, -0.2) is 4.79 Å². The molecule has 36 heavy (non-hydrogen) atoms. The number of rotatable bonds is 11. The van der Waals surface area contributed by atoms with Gasteiger partial charge >= 0.3 is 11.9 Å². The number of carboxylic acid groups (broad SMARTS) is 1. The van der Waals surface area contributed by atoms with E-state index in [2.05, 4.69) is 5.32 Å². The summed E-state index contributed by atoms with van der Waals surface area (Å²) in [6, 6.07) is 1.17. The number of hydrogen-bond donors (Lipinski definition) is 2. The molecule has 1 aromatic carbocycles. The minimum absolute atomic E-state index is 0.129. The Bertz CT molecular complexity index is 929. The highest BCUT2D eigenvalue weighted by atomic mass is 16.5. The lowest BCUT2D eigenvalue weighted by Gasteiger charge is -2.37. The fourth-order valence-electron chi connectivity index (χ4n) is 5.38. The molecule has 3 atom stereocenters. The van der Waals surface area contributed by atoms with Crippen LogP contribution in [0.5, 0.6) is 11.5 Å². The van der Waals surface area contributed by atoms with Crippen molar-refractivity contribution in [3.8, 4) is 11.5 Å². The Kier molecular flexibility index (Phi) is 9.98. The second-order valence-corrected chi connectivity index (χ2v) is 9.77. The van der Waals surface area contributed by atoms with Crippen molar-refractivity contribution in [2.75, 3.05) is 20.8 Å². The first-order valence-electron chi connectivity index (χ1n) is 13.0. The lowest BCUT2D eigenvalue weighted by Crippen LogP contribution is -2.56. The van der Waals surface area contributed by atoms with E-state index >= 15 is 0 Å². The number of amides is 1. The van der Waals surface area contributed by atoms with Crippen molar-refractivity contribution in [3.05, 3.63) is 23.3 Å². The minimum atomic E-state index is -1.07. The molecule has 0 unspecified atom stereocenters. The summed E-state index contributed by atoms with van der Waals surface area (Å²) in [4.78, 5) is 39.7. The molecule has 0 radical (unpaired) electrons. The van der Waals surface area contributed by atoms with Crippen molar-refractivity contribution in [1.29, 1.82) is 0 Å². The van der Waals surface area contributed by atoms with Gasteiger partial charge in [-0.15, -0.1) is 0 Å². The van der Waals surface area contributed by atoms with E-state index in [0.717, 1.165) is 17.5 Å². The quantitative estimate of drug-likeness (QED) is 0.441. The van der Waals surface area contributed by atoms with Crippen LogP contribution < -0.4 is 14.8 Å². The lowest BCUT2D eigenvalue weighted by atomic mass is 9.85. The number of nitrogens with one attached hydrogen (secondary N) is 1. The van der Waals surface area contributed by atoms with Gasteiger partial charge in [0.1, 0.15) is 12.1 Å². The molecule has 1 amide bonds. The Balaban J connectivity index is 1.75. The summed E-state index contributed by atoms with van der Waals surface area (Å²) in [6.07, 6.45) is 7.70. The van der Waals surface area contributed by atoms with Gasteiger partial charge in [0.15, 0.2) is 11.5 Å². The smallest absolute Gasteiger partial charge is 0.326 e. The number of hydrogen-bond acceptors (Lipinski definition) is 7. The first kappa shape index (κ1) is 27.8. The van der Waals surface area contributed by atoms with E-state index in [9.17, 15) is 19.5 Å². The summed E-state index contributed by atoms with van der Waals surface area (Å²) in [5, 5.41) is 13.1. The number of esters is 1. The van der Waals surface area contributed by atoms with Crippen molar-refractivity contribution in [2.45, 2.75) is 89.9 Å². The Labute approximate surface area is 213 Å². The maximum Gasteiger partial charge on any atom is 0.326 e. The molecule has 1 aliphatic carbocycles. The predicted octanol–water partition coefficient (Wildman–Crippen LogP) is 3.31. The second kappa shape index (κ2) is 12.9. The molecule has 0 bridgehead atoms. The number of fused-ring (bicyclic) bond motifs is 1. The molecule has 2 N–H and O–H groups in total. The number of nitrogens with zero attached hydrogens (tertiary/aromatic N) is 1. The van der Waals surface area contributed by atoms with Crippen molar-refractivity contribution in [1.82, 2.24) is 10.2 Å². The highest BCUT2D eigenvalue weighted by molar-refractivity contribution is 5.88. The number of carbonyl (C=O) groups is 3. The Morgan fingerprint density at radius 2 is 1.72 bits per heavy atom. The monoisotopic (exact) mass is 504 g/mol. The van der Waals surface area contributed by atoms with Gasteiger partial charge in [-0.05, 0) is 55.9 Å². The Morgan fingerprint density at radius 3 is 2.31 bits per heavy atom. The van der Waals surface area contributed by atoms with E-state index in [4.69, 9.17) is 14.2 Å². The molecule has 0 spiro atoms. The molecule has 1 saturated carbocycles. The van der Waals surface area contributed by atoms with Crippen molar-refractivity contribution in [3.63, 3.8) is 0 Å². The van der Waals surface area contributed by atoms with Crippen LogP contribution in [0.2, 0.25) is 0 Å². The van der Waals surface area contributed by atoms with Crippen molar-refractivity contribution < 1.29 is 33.7 Å². The van der Waals surface area contributed by atoms with E-state index in [0.29, 0.717) is 23.8 Å². The fraction of sp³-hybridized carbons (Fsp3) is 0.667. The van der Waals surface area contributed by atoms with Crippen LogP contribution in [0, 0.1) is 5.92 Å². The largest absolute Gasteiger partial charge is 0.493 e. The summed E-state index contributed by atoms with van der Waals surface area (Å²) in [5.74, 6) is -0.182. The lowest BCUT2D eigenvalue weighted by molar-refractivity contribution is -0.153. The second-order valence-electron chi connectivity index (χ2n) is 9.77. The first-order chi connectivity index (χ1) is 17.3. The fourth-order valence-corrected chi connectivity index (χ4v) is 5.38. The third kappa shape index (κ3) is 6.69. The normalized spacial score (nSPS) is 19.7. The van der Waals surface area contributed by atoms with Crippen LogP contribution in [0.3, 0.4) is 0 Å². The molecule has 1 aliphatic heterocycles. The van der Waals surface area contributed by atoms with Crippen LogP contribution in [0.15, 0.2) is 12.1 Å². The molecule has 9 nitrogen and oxygen atoms in total. The summed E-state index contributed by atoms with van der Waals surface area (Å²) in [6.45, 7) is 3.83. The van der Waals surface area contributed by atoms with Crippen LogP contribution in [0.4, 0.5) is 0 Å². The molecule has 1 aromatic rings. The predicted molar refractivity (Wildman–Crippen MR) is 134 cm³/mol. The average Bonchev–Trinajstić information content (AvgIpc) is 2.89. The van der Waals surface area contributed by atoms with Gasteiger partial charge in [0, 0.05) is 13.0 Å². The third-order valence-electron chi connectivity index (χ3n) is 7.39. The molecule has 9 heteroatoms. The third-order valence-corrected chi connectivity index (χ3v) is 7.39. The SMILES string of the molecule is CCOC(=O)[C@H](CCC1CCCCC1)N[C@@H](C)C(=O)N1Cc2cc(OC)c(OC)cc2C[C@H]1C(=O)O. The molecule has 0 aromatic heterocycles. The minimum Gasteiger partial charge on any atom is -0.493 e. The van der Waals surface area contributed by atoms with Gasteiger partial charge in [0.2, 0.25) is 5.91 Å². The van der Waals surface area contributed by atoms with E-state index in [1.54, 1.807) is 26.0 Å². The number of methoxy groups -OCH3 is 2. The number of aliphatic carboxylic acids is 1. The van der Waals surface area contributed by atoms with Crippen LogP contribution in [0.25, 0.3) is 0 Å². The number of benzene rings is 1. The Hall–Kier alpha value is -2.81. The summed E-state index contributed by atoms with van der Waals surface area (Å²) >= 11 is 0. The van der Waals surface area contributed by atoms with Crippen molar-refractivity contribution >= 4 is 17.8 Å². The molecular weight excluding hydrogens is 464 g/mol. The highest BCUT2D eigenvalue weighted by Crippen LogP contribution is 2.35. The zero-order valence-corrected chi connectivity index (χ0v) is 21.9. The molecule has 1 heterocycles. The summed E-state index contributed by atoms with van der Waals surface area (Å²) in [7, 11) is 3.06. The zero-order valence-electron chi connectivity index (χ0n) is 21.9. The van der Waals surface area contributed by atoms with E-state index in [1.165, 1.54) is 51.2 Å². The summed E-state index contributed by atoms with van der Waals surface area (Å²) in [5.41, 5.74) is 1.62. The van der Waals surface area contributed by atoms with Gasteiger partial charge in [0.25, 0.3) is 0 Å². The molecule has 2 aliphatic rings. The number of ether oxygens (including phenoxy) is 3. The van der Waals surface area contributed by atoms with Crippen molar-refractivity contribution in [2.24, 2.45) is 5.92 Å².